The number of fused-ring (bicyclic) bond motifs is 3. The second kappa shape index (κ2) is 4.59. The molecule has 3 nitrogen and oxygen atoms in total. The maximum absolute atomic E-state index is 12.6. The Hall–Kier alpha value is -1.35. The Morgan fingerprint density at radius 2 is 1.75 bits per heavy atom. The predicted molar refractivity (Wildman–Crippen MR) is 78.1 cm³/mol. The number of carbonyl (C=O) groups is 1. The van der Waals surface area contributed by atoms with Crippen LogP contribution in [0.5, 0.6) is 0 Å². The van der Waals surface area contributed by atoms with Crippen molar-refractivity contribution in [3.05, 3.63) is 35.4 Å². The van der Waals surface area contributed by atoms with Gasteiger partial charge in [-0.2, -0.15) is 0 Å². The van der Waals surface area contributed by atoms with Crippen LogP contribution in [0.2, 0.25) is 0 Å². The zero-order chi connectivity index (χ0) is 13.7. The molecule has 4 rings (SSSR count). The van der Waals surface area contributed by atoms with Gasteiger partial charge < -0.3 is 11.1 Å². The number of carbonyl (C=O) groups excluding carboxylic acids is 1. The van der Waals surface area contributed by atoms with Gasteiger partial charge in [0.25, 0.3) is 0 Å². The summed E-state index contributed by atoms with van der Waals surface area (Å²) in [5.74, 6) is 1.41. The highest BCUT2D eigenvalue weighted by Gasteiger charge is 2.49. The van der Waals surface area contributed by atoms with Crippen molar-refractivity contribution in [2.24, 2.45) is 23.5 Å². The topological polar surface area (TPSA) is 55.1 Å². The highest BCUT2D eigenvalue weighted by Crippen LogP contribution is 2.47. The quantitative estimate of drug-likeness (QED) is 0.858. The lowest BCUT2D eigenvalue weighted by Gasteiger charge is -2.28. The Kier molecular flexibility index (Phi) is 2.84. The minimum atomic E-state index is 0.0671. The van der Waals surface area contributed by atoms with Gasteiger partial charge in [0.1, 0.15) is 0 Å². The van der Waals surface area contributed by atoms with E-state index in [-0.39, 0.29) is 23.9 Å². The Morgan fingerprint density at radius 3 is 2.35 bits per heavy atom. The summed E-state index contributed by atoms with van der Waals surface area (Å²) in [4.78, 5) is 12.6. The lowest BCUT2D eigenvalue weighted by Crippen LogP contribution is -2.48. The van der Waals surface area contributed by atoms with Gasteiger partial charge >= 0.3 is 0 Å². The minimum Gasteiger partial charge on any atom is -0.352 e. The van der Waals surface area contributed by atoms with E-state index in [0.717, 1.165) is 12.8 Å². The van der Waals surface area contributed by atoms with E-state index < -0.39 is 0 Å². The summed E-state index contributed by atoms with van der Waals surface area (Å²) < 4.78 is 0. The summed E-state index contributed by atoms with van der Waals surface area (Å²) in [6, 6.07) is 8.86. The van der Waals surface area contributed by atoms with Crippen molar-refractivity contribution < 1.29 is 4.79 Å². The number of benzene rings is 1. The van der Waals surface area contributed by atoms with Gasteiger partial charge in [-0.3, -0.25) is 4.79 Å². The minimum absolute atomic E-state index is 0.0671. The first-order chi connectivity index (χ1) is 9.72. The molecule has 4 unspecified atom stereocenters. The number of nitrogens with two attached hydrogens (primary N) is 1. The van der Waals surface area contributed by atoms with E-state index in [4.69, 9.17) is 5.73 Å². The van der Waals surface area contributed by atoms with Crippen LogP contribution >= 0.6 is 0 Å². The molecule has 0 saturated heterocycles. The molecule has 2 bridgehead atoms. The molecule has 1 amide bonds. The van der Waals surface area contributed by atoms with Crippen LogP contribution in [0.3, 0.4) is 0 Å². The highest BCUT2D eigenvalue weighted by atomic mass is 16.2. The van der Waals surface area contributed by atoms with Crippen molar-refractivity contribution in [2.45, 2.75) is 44.2 Å². The molecular weight excluding hydrogens is 248 g/mol. The summed E-state index contributed by atoms with van der Waals surface area (Å²) in [6.45, 7) is 0. The normalized spacial score (nSPS) is 35.2. The van der Waals surface area contributed by atoms with Crippen LogP contribution < -0.4 is 11.1 Å². The summed E-state index contributed by atoms with van der Waals surface area (Å²) >= 11 is 0. The molecule has 3 heteroatoms. The molecule has 106 valence electrons. The molecule has 0 spiro atoms. The van der Waals surface area contributed by atoms with Gasteiger partial charge in [0.05, 0.1) is 5.92 Å². The van der Waals surface area contributed by atoms with Crippen LogP contribution in [0.1, 0.15) is 30.4 Å². The van der Waals surface area contributed by atoms with Gasteiger partial charge in [-0.1, -0.05) is 24.3 Å². The molecule has 20 heavy (non-hydrogen) atoms. The average Bonchev–Trinajstić information content (AvgIpc) is 3.10. The second-order valence-corrected chi connectivity index (χ2v) is 6.82. The molecule has 3 N–H and O–H groups in total. The molecule has 1 aromatic carbocycles. The number of hydrogen-bond acceptors (Lipinski definition) is 2. The average molecular weight is 270 g/mol. The summed E-state index contributed by atoms with van der Waals surface area (Å²) in [5, 5.41) is 3.26. The van der Waals surface area contributed by atoms with E-state index in [0.29, 0.717) is 11.8 Å². The van der Waals surface area contributed by atoms with Crippen LogP contribution in [0.4, 0.5) is 0 Å². The number of amides is 1. The first-order valence-corrected chi connectivity index (χ1v) is 7.85. The zero-order valence-electron chi connectivity index (χ0n) is 11.7. The molecule has 3 aliphatic rings. The smallest absolute Gasteiger partial charge is 0.225 e. The standard InChI is InChI=1S/C17H22N2O/c18-16-13-6-5-12(7-13)15(16)17(20)19-14-8-10-3-1-2-4-11(10)9-14/h1-4,12-16H,5-9,18H2,(H,19,20). The van der Waals surface area contributed by atoms with E-state index in [9.17, 15) is 4.79 Å². The second-order valence-electron chi connectivity index (χ2n) is 6.82. The SMILES string of the molecule is NC1C2CCC(C2)C1C(=O)NC1Cc2ccccc2C1. The maximum Gasteiger partial charge on any atom is 0.225 e. The highest BCUT2D eigenvalue weighted by molar-refractivity contribution is 5.81. The van der Waals surface area contributed by atoms with Crippen molar-refractivity contribution in [2.75, 3.05) is 0 Å². The Labute approximate surface area is 119 Å². The monoisotopic (exact) mass is 270 g/mol. The molecular formula is C17H22N2O. The van der Waals surface area contributed by atoms with Gasteiger partial charge in [0.2, 0.25) is 5.91 Å². The summed E-state index contributed by atoms with van der Waals surface area (Å²) in [5.41, 5.74) is 9.03. The van der Waals surface area contributed by atoms with Crippen molar-refractivity contribution in [3.8, 4) is 0 Å². The van der Waals surface area contributed by atoms with Gasteiger partial charge in [0, 0.05) is 12.1 Å². The van der Waals surface area contributed by atoms with E-state index in [1.807, 2.05) is 0 Å². The first-order valence-electron chi connectivity index (χ1n) is 7.85. The lowest BCUT2D eigenvalue weighted by molar-refractivity contribution is -0.127. The molecule has 1 aromatic rings. The fraction of sp³-hybridized carbons (Fsp3) is 0.588. The van der Waals surface area contributed by atoms with E-state index in [2.05, 4.69) is 29.6 Å². The lowest BCUT2D eigenvalue weighted by atomic mass is 9.84. The molecule has 3 aliphatic carbocycles. The zero-order valence-corrected chi connectivity index (χ0v) is 11.7. The molecule has 0 aliphatic heterocycles. The largest absolute Gasteiger partial charge is 0.352 e. The van der Waals surface area contributed by atoms with Gasteiger partial charge in [-0.05, 0) is 55.1 Å². The van der Waals surface area contributed by atoms with E-state index >= 15 is 0 Å². The number of hydrogen-bond donors (Lipinski definition) is 2. The molecule has 0 heterocycles. The van der Waals surface area contributed by atoms with Gasteiger partial charge in [-0.25, -0.2) is 0 Å². The molecule has 2 saturated carbocycles. The van der Waals surface area contributed by atoms with Crippen LogP contribution in [-0.4, -0.2) is 18.0 Å². The van der Waals surface area contributed by atoms with Crippen LogP contribution in [-0.2, 0) is 17.6 Å². The van der Waals surface area contributed by atoms with Crippen molar-refractivity contribution in [1.29, 1.82) is 0 Å². The van der Waals surface area contributed by atoms with Crippen LogP contribution in [0.25, 0.3) is 0 Å². The third-order valence-electron chi connectivity index (χ3n) is 5.68. The third-order valence-corrected chi connectivity index (χ3v) is 5.68. The Morgan fingerprint density at radius 1 is 1.10 bits per heavy atom. The summed E-state index contributed by atoms with van der Waals surface area (Å²) in [6.07, 6.45) is 5.53. The molecule has 0 radical (unpaired) electrons. The van der Waals surface area contributed by atoms with E-state index in [1.54, 1.807) is 0 Å². The Balaban J connectivity index is 1.42. The third kappa shape index (κ3) is 1.87. The predicted octanol–water partition coefficient (Wildman–Crippen LogP) is 1.64. The fourth-order valence-electron chi connectivity index (χ4n) is 4.68. The van der Waals surface area contributed by atoms with Crippen molar-refractivity contribution >= 4 is 5.91 Å². The number of rotatable bonds is 2. The van der Waals surface area contributed by atoms with Gasteiger partial charge in [0.15, 0.2) is 0 Å². The number of nitrogens with one attached hydrogen (secondary N) is 1. The molecule has 0 aromatic heterocycles. The molecule has 4 atom stereocenters. The fourth-order valence-corrected chi connectivity index (χ4v) is 4.68. The van der Waals surface area contributed by atoms with Crippen LogP contribution in [0, 0.1) is 17.8 Å². The summed E-state index contributed by atoms with van der Waals surface area (Å²) in [7, 11) is 0. The van der Waals surface area contributed by atoms with Crippen molar-refractivity contribution in [1.82, 2.24) is 5.32 Å². The van der Waals surface area contributed by atoms with Crippen LogP contribution in [0.15, 0.2) is 24.3 Å². The Bertz CT molecular complexity index is 515. The molecule has 2 fully saturated rings. The van der Waals surface area contributed by atoms with Gasteiger partial charge in [-0.15, -0.1) is 0 Å². The van der Waals surface area contributed by atoms with E-state index in [1.165, 1.54) is 30.4 Å². The van der Waals surface area contributed by atoms with Crippen molar-refractivity contribution in [3.63, 3.8) is 0 Å². The maximum atomic E-state index is 12.6. The first kappa shape index (κ1) is 12.4.